The highest BCUT2D eigenvalue weighted by Gasteiger charge is 2.11. The van der Waals surface area contributed by atoms with Crippen LogP contribution in [0.3, 0.4) is 0 Å². The van der Waals surface area contributed by atoms with Crippen molar-refractivity contribution < 1.29 is 0 Å². The van der Waals surface area contributed by atoms with Gasteiger partial charge in [-0.05, 0) is 57.4 Å². The quantitative estimate of drug-likeness (QED) is 0.440. The Bertz CT molecular complexity index is 765. The van der Waals surface area contributed by atoms with Gasteiger partial charge >= 0.3 is 0 Å². The molecule has 0 aliphatic carbocycles. The van der Waals surface area contributed by atoms with Crippen LogP contribution < -0.4 is 0 Å². The van der Waals surface area contributed by atoms with E-state index in [0.29, 0.717) is 0 Å². The zero-order valence-electron chi connectivity index (χ0n) is 10.2. The van der Waals surface area contributed by atoms with E-state index in [4.69, 9.17) is 23.2 Å². The Balaban J connectivity index is 2.08. The molecule has 0 bridgehead atoms. The van der Waals surface area contributed by atoms with Crippen molar-refractivity contribution in [3.8, 4) is 20.9 Å². The molecule has 3 rings (SSSR count). The average molecular weight is 384 g/mol. The van der Waals surface area contributed by atoms with E-state index in [1.807, 2.05) is 36.4 Å². The lowest BCUT2D eigenvalue weighted by Crippen LogP contribution is -1.72. The van der Waals surface area contributed by atoms with Crippen LogP contribution in [-0.2, 0) is 0 Å². The molecule has 0 aliphatic heterocycles. The number of thiophene rings is 1. The van der Waals surface area contributed by atoms with Crippen molar-refractivity contribution in [1.82, 2.24) is 0 Å². The van der Waals surface area contributed by atoms with Gasteiger partial charge in [-0.1, -0.05) is 47.5 Å². The Kier molecular flexibility index (Phi) is 4.18. The van der Waals surface area contributed by atoms with Crippen molar-refractivity contribution in [2.24, 2.45) is 0 Å². The molecule has 0 radical (unpaired) electrons. The second-order valence-electron chi connectivity index (χ2n) is 4.31. The molecule has 0 atom stereocenters. The molecule has 0 aliphatic rings. The summed E-state index contributed by atoms with van der Waals surface area (Å²) in [6, 6.07) is 17.9. The SMILES string of the molecule is Clc1cccc(-c2cc(Br)c(-c3cccc(Cl)c3)s2)c1. The zero-order chi connectivity index (χ0) is 14.1. The van der Waals surface area contributed by atoms with E-state index in [9.17, 15) is 0 Å². The molecule has 0 unspecified atom stereocenters. The Morgan fingerprint density at radius 2 is 1.40 bits per heavy atom. The minimum Gasteiger partial charge on any atom is -0.134 e. The predicted octanol–water partition coefficient (Wildman–Crippen LogP) is 7.15. The molecule has 0 N–H and O–H groups in total. The van der Waals surface area contributed by atoms with Crippen LogP contribution in [0.5, 0.6) is 0 Å². The van der Waals surface area contributed by atoms with Crippen LogP contribution in [0.1, 0.15) is 0 Å². The van der Waals surface area contributed by atoms with Crippen molar-refractivity contribution in [2.45, 2.75) is 0 Å². The van der Waals surface area contributed by atoms with Gasteiger partial charge in [0.1, 0.15) is 0 Å². The lowest BCUT2D eigenvalue weighted by molar-refractivity contribution is 1.67. The van der Waals surface area contributed by atoms with E-state index < -0.39 is 0 Å². The molecule has 2 aromatic carbocycles. The van der Waals surface area contributed by atoms with Crippen LogP contribution in [0.2, 0.25) is 10.0 Å². The van der Waals surface area contributed by atoms with Gasteiger partial charge in [0.25, 0.3) is 0 Å². The lowest BCUT2D eigenvalue weighted by Gasteiger charge is -1.99. The Morgan fingerprint density at radius 1 is 0.800 bits per heavy atom. The molecule has 100 valence electrons. The summed E-state index contributed by atoms with van der Waals surface area (Å²) < 4.78 is 1.07. The molecule has 0 spiro atoms. The minimum absolute atomic E-state index is 0.743. The molecule has 0 amide bonds. The first-order valence-electron chi connectivity index (χ1n) is 5.95. The average Bonchev–Trinajstić information content (AvgIpc) is 2.81. The summed E-state index contributed by atoms with van der Waals surface area (Å²) in [5.74, 6) is 0. The fraction of sp³-hybridized carbons (Fsp3) is 0. The third-order valence-electron chi connectivity index (χ3n) is 2.88. The summed E-state index contributed by atoms with van der Waals surface area (Å²) in [7, 11) is 0. The van der Waals surface area contributed by atoms with Crippen LogP contribution in [0.15, 0.2) is 59.1 Å². The number of halogens is 3. The summed E-state index contributed by atoms with van der Waals surface area (Å²) in [4.78, 5) is 2.34. The van der Waals surface area contributed by atoms with E-state index in [2.05, 4.69) is 34.1 Å². The van der Waals surface area contributed by atoms with Gasteiger partial charge in [0, 0.05) is 24.3 Å². The monoisotopic (exact) mass is 382 g/mol. The van der Waals surface area contributed by atoms with Crippen molar-refractivity contribution in [1.29, 1.82) is 0 Å². The van der Waals surface area contributed by atoms with E-state index in [-0.39, 0.29) is 0 Å². The van der Waals surface area contributed by atoms with E-state index >= 15 is 0 Å². The van der Waals surface area contributed by atoms with E-state index in [0.717, 1.165) is 25.6 Å². The molecule has 0 saturated carbocycles. The molecule has 4 heteroatoms. The zero-order valence-corrected chi connectivity index (χ0v) is 14.2. The van der Waals surface area contributed by atoms with Gasteiger partial charge < -0.3 is 0 Å². The summed E-state index contributed by atoms with van der Waals surface area (Å²) in [5.41, 5.74) is 2.24. The van der Waals surface area contributed by atoms with Crippen LogP contribution in [0, 0.1) is 0 Å². The number of rotatable bonds is 2. The number of hydrogen-bond acceptors (Lipinski definition) is 1. The third-order valence-corrected chi connectivity index (χ3v) is 5.47. The molecule has 0 nitrogen and oxygen atoms in total. The standard InChI is InChI=1S/C16H9BrCl2S/c17-14-9-15(10-3-1-5-12(18)7-10)20-16(14)11-4-2-6-13(19)8-11/h1-9H. The fourth-order valence-corrected chi connectivity index (χ4v) is 4.25. The van der Waals surface area contributed by atoms with Crippen molar-refractivity contribution in [2.75, 3.05) is 0 Å². The predicted molar refractivity (Wildman–Crippen MR) is 92.9 cm³/mol. The topological polar surface area (TPSA) is 0 Å². The van der Waals surface area contributed by atoms with Crippen LogP contribution in [0.25, 0.3) is 20.9 Å². The van der Waals surface area contributed by atoms with Gasteiger partial charge in [-0.3, -0.25) is 0 Å². The lowest BCUT2D eigenvalue weighted by atomic mass is 10.1. The Labute approximate surface area is 140 Å². The third kappa shape index (κ3) is 2.94. The second kappa shape index (κ2) is 5.90. The Hall–Kier alpha value is -0.800. The van der Waals surface area contributed by atoms with Crippen molar-refractivity contribution in [3.63, 3.8) is 0 Å². The van der Waals surface area contributed by atoms with Gasteiger partial charge in [0.05, 0.1) is 0 Å². The van der Waals surface area contributed by atoms with Crippen molar-refractivity contribution in [3.05, 3.63) is 69.1 Å². The van der Waals surface area contributed by atoms with Crippen LogP contribution in [-0.4, -0.2) is 0 Å². The van der Waals surface area contributed by atoms with E-state index in [1.54, 1.807) is 11.3 Å². The minimum atomic E-state index is 0.743. The van der Waals surface area contributed by atoms with Gasteiger partial charge in [0.15, 0.2) is 0 Å². The second-order valence-corrected chi connectivity index (χ2v) is 7.09. The summed E-state index contributed by atoms with van der Waals surface area (Å²) >= 11 is 17.5. The largest absolute Gasteiger partial charge is 0.134 e. The first-order valence-corrected chi connectivity index (χ1v) is 8.31. The van der Waals surface area contributed by atoms with Crippen LogP contribution in [0.4, 0.5) is 0 Å². The smallest absolute Gasteiger partial charge is 0.0492 e. The normalized spacial score (nSPS) is 10.8. The molecule has 3 aromatic rings. The highest BCUT2D eigenvalue weighted by molar-refractivity contribution is 9.10. The summed E-state index contributed by atoms with van der Waals surface area (Å²) in [6.45, 7) is 0. The van der Waals surface area contributed by atoms with Gasteiger partial charge in [-0.2, -0.15) is 0 Å². The summed E-state index contributed by atoms with van der Waals surface area (Å²) in [6.07, 6.45) is 0. The highest BCUT2D eigenvalue weighted by Crippen LogP contribution is 2.41. The van der Waals surface area contributed by atoms with Gasteiger partial charge in [0.2, 0.25) is 0 Å². The molecular formula is C16H9BrCl2S. The Morgan fingerprint density at radius 3 is 2.05 bits per heavy atom. The first-order chi connectivity index (χ1) is 9.63. The molecule has 20 heavy (non-hydrogen) atoms. The molecule has 0 fully saturated rings. The highest BCUT2D eigenvalue weighted by atomic mass is 79.9. The molecule has 1 aromatic heterocycles. The maximum Gasteiger partial charge on any atom is 0.0492 e. The maximum absolute atomic E-state index is 6.06. The van der Waals surface area contributed by atoms with E-state index in [1.165, 1.54) is 9.75 Å². The first kappa shape index (κ1) is 14.2. The number of benzene rings is 2. The number of hydrogen-bond donors (Lipinski definition) is 0. The maximum atomic E-state index is 6.06. The van der Waals surface area contributed by atoms with Gasteiger partial charge in [-0.25, -0.2) is 0 Å². The molecular weight excluding hydrogens is 375 g/mol. The summed E-state index contributed by atoms with van der Waals surface area (Å²) in [5, 5.41) is 1.49. The molecule has 1 heterocycles. The fourth-order valence-electron chi connectivity index (χ4n) is 1.98. The van der Waals surface area contributed by atoms with Crippen molar-refractivity contribution >= 4 is 50.5 Å². The molecule has 0 saturated heterocycles. The van der Waals surface area contributed by atoms with Gasteiger partial charge in [-0.15, -0.1) is 11.3 Å². The van der Waals surface area contributed by atoms with Crippen LogP contribution >= 0.6 is 50.5 Å².